The van der Waals surface area contributed by atoms with Crippen molar-refractivity contribution in [1.29, 1.82) is 0 Å². The number of hydrogen-bond donors (Lipinski definition) is 1. The van der Waals surface area contributed by atoms with Crippen molar-refractivity contribution < 1.29 is 9.13 Å². The Kier molecular flexibility index (Phi) is 6.71. The second kappa shape index (κ2) is 9.82. The first-order valence-electron chi connectivity index (χ1n) is 10.5. The largest absolute Gasteiger partial charge is 0.376 e. The van der Waals surface area contributed by atoms with Crippen LogP contribution >= 0.6 is 0 Å². The normalized spacial score (nSPS) is 19.4. The third-order valence-corrected chi connectivity index (χ3v) is 5.76. The van der Waals surface area contributed by atoms with Crippen molar-refractivity contribution in [3.63, 3.8) is 0 Å². The summed E-state index contributed by atoms with van der Waals surface area (Å²) in [5, 5.41) is 3.60. The maximum absolute atomic E-state index is 13.0. The fraction of sp³-hybridized carbons (Fsp3) is 0.308. The molecule has 0 saturated carbocycles. The van der Waals surface area contributed by atoms with Gasteiger partial charge in [0.1, 0.15) is 5.82 Å². The van der Waals surface area contributed by atoms with E-state index in [1.807, 2.05) is 12.1 Å². The summed E-state index contributed by atoms with van der Waals surface area (Å²) in [4.78, 5) is 0. The molecule has 2 atom stereocenters. The summed E-state index contributed by atoms with van der Waals surface area (Å²) in [5.74, 6) is 0.0809. The molecule has 0 unspecified atom stereocenters. The van der Waals surface area contributed by atoms with Crippen LogP contribution in [0.5, 0.6) is 0 Å². The SMILES string of the molecule is Fc1ccc(CCN[C@@H]2CC[C@H](C(c3ccccc3)c3ccccc3)OC2)cc1. The van der Waals surface area contributed by atoms with E-state index in [0.29, 0.717) is 6.04 Å². The first-order valence-corrected chi connectivity index (χ1v) is 10.5. The number of ether oxygens (including phenoxy) is 1. The molecular weight excluding hydrogens is 361 g/mol. The summed E-state index contributed by atoms with van der Waals surface area (Å²) >= 11 is 0. The first-order chi connectivity index (χ1) is 14.3. The molecule has 1 fully saturated rings. The summed E-state index contributed by atoms with van der Waals surface area (Å²) in [6, 6.07) is 28.5. The first kappa shape index (κ1) is 19.8. The van der Waals surface area contributed by atoms with Gasteiger partial charge in [0.2, 0.25) is 0 Å². The van der Waals surface area contributed by atoms with Gasteiger partial charge in [0.05, 0.1) is 12.7 Å². The third-order valence-electron chi connectivity index (χ3n) is 5.76. The Balaban J connectivity index is 1.34. The highest BCUT2D eigenvalue weighted by molar-refractivity contribution is 5.34. The highest BCUT2D eigenvalue weighted by Crippen LogP contribution is 2.34. The average Bonchev–Trinajstić information content (AvgIpc) is 2.78. The molecule has 1 aliphatic heterocycles. The van der Waals surface area contributed by atoms with E-state index in [0.717, 1.165) is 38.0 Å². The molecule has 2 nitrogen and oxygen atoms in total. The summed E-state index contributed by atoms with van der Waals surface area (Å²) in [6.07, 6.45) is 3.22. The Labute approximate surface area is 172 Å². The number of benzene rings is 3. The second-order valence-electron chi connectivity index (χ2n) is 7.78. The topological polar surface area (TPSA) is 21.3 Å². The second-order valence-corrected chi connectivity index (χ2v) is 7.78. The molecule has 0 aromatic heterocycles. The van der Waals surface area contributed by atoms with Gasteiger partial charge >= 0.3 is 0 Å². The van der Waals surface area contributed by atoms with E-state index in [1.165, 1.54) is 23.3 Å². The van der Waals surface area contributed by atoms with Gasteiger partial charge in [-0.15, -0.1) is 0 Å². The van der Waals surface area contributed by atoms with Crippen molar-refractivity contribution >= 4 is 0 Å². The fourth-order valence-electron chi connectivity index (χ4n) is 4.21. The van der Waals surface area contributed by atoms with E-state index < -0.39 is 0 Å². The zero-order chi connectivity index (χ0) is 19.9. The molecule has 0 amide bonds. The van der Waals surface area contributed by atoms with Gasteiger partial charge in [0.15, 0.2) is 0 Å². The van der Waals surface area contributed by atoms with Gasteiger partial charge in [-0.3, -0.25) is 0 Å². The van der Waals surface area contributed by atoms with Crippen LogP contribution in [0, 0.1) is 5.82 Å². The lowest BCUT2D eigenvalue weighted by Gasteiger charge is -2.35. The quantitative estimate of drug-likeness (QED) is 0.589. The Morgan fingerprint density at radius 2 is 1.45 bits per heavy atom. The average molecular weight is 390 g/mol. The van der Waals surface area contributed by atoms with Gasteiger partial charge < -0.3 is 10.1 Å². The maximum atomic E-state index is 13.0. The molecule has 1 aliphatic rings. The van der Waals surface area contributed by atoms with E-state index in [9.17, 15) is 4.39 Å². The Hall–Kier alpha value is -2.49. The van der Waals surface area contributed by atoms with Gasteiger partial charge in [-0.2, -0.15) is 0 Å². The summed E-state index contributed by atoms with van der Waals surface area (Å²) in [6.45, 7) is 1.61. The molecule has 1 N–H and O–H groups in total. The van der Waals surface area contributed by atoms with Crippen LogP contribution < -0.4 is 5.32 Å². The van der Waals surface area contributed by atoms with Crippen LogP contribution in [0.15, 0.2) is 84.9 Å². The smallest absolute Gasteiger partial charge is 0.123 e. The third kappa shape index (κ3) is 5.31. The van der Waals surface area contributed by atoms with E-state index >= 15 is 0 Å². The Bertz CT molecular complexity index is 819. The van der Waals surface area contributed by atoms with Crippen molar-refractivity contribution in [3.8, 4) is 0 Å². The number of hydrogen-bond acceptors (Lipinski definition) is 2. The fourth-order valence-corrected chi connectivity index (χ4v) is 4.21. The summed E-state index contributed by atoms with van der Waals surface area (Å²) < 4.78 is 19.4. The summed E-state index contributed by atoms with van der Waals surface area (Å²) in [7, 11) is 0. The molecule has 4 rings (SSSR count). The molecule has 0 bridgehead atoms. The molecular formula is C26H28FNO. The van der Waals surface area contributed by atoms with E-state index in [4.69, 9.17) is 4.74 Å². The van der Waals surface area contributed by atoms with E-state index in [1.54, 1.807) is 0 Å². The predicted molar refractivity (Wildman–Crippen MR) is 116 cm³/mol. The molecule has 29 heavy (non-hydrogen) atoms. The van der Waals surface area contributed by atoms with Crippen molar-refractivity contribution in [2.45, 2.75) is 37.3 Å². The monoisotopic (exact) mass is 389 g/mol. The standard InChI is InChI=1S/C26H28FNO/c27-23-13-11-20(12-14-23)17-18-28-24-15-16-25(29-19-24)26(21-7-3-1-4-8-21)22-9-5-2-6-10-22/h1-14,24-26,28H,15-19H2/t24-,25-/m1/s1. The van der Waals surface area contributed by atoms with Gasteiger partial charge in [0.25, 0.3) is 0 Å². The van der Waals surface area contributed by atoms with Crippen LogP contribution in [0.4, 0.5) is 4.39 Å². The zero-order valence-corrected chi connectivity index (χ0v) is 16.6. The van der Waals surface area contributed by atoms with Crippen LogP contribution in [0.1, 0.15) is 35.4 Å². The van der Waals surface area contributed by atoms with Crippen LogP contribution in [-0.2, 0) is 11.2 Å². The molecule has 0 radical (unpaired) electrons. The Morgan fingerprint density at radius 1 is 0.828 bits per heavy atom. The molecule has 3 aromatic rings. The van der Waals surface area contributed by atoms with Gasteiger partial charge in [-0.25, -0.2) is 4.39 Å². The van der Waals surface area contributed by atoms with E-state index in [-0.39, 0.29) is 17.8 Å². The Morgan fingerprint density at radius 3 is 2.00 bits per heavy atom. The number of rotatable bonds is 7. The lowest BCUT2D eigenvalue weighted by Crippen LogP contribution is -2.42. The molecule has 0 aliphatic carbocycles. The molecule has 3 heteroatoms. The van der Waals surface area contributed by atoms with E-state index in [2.05, 4.69) is 66.0 Å². The molecule has 3 aromatic carbocycles. The number of halogens is 1. The lowest BCUT2D eigenvalue weighted by molar-refractivity contribution is -0.0111. The highest BCUT2D eigenvalue weighted by Gasteiger charge is 2.30. The minimum absolute atomic E-state index is 0.181. The van der Waals surface area contributed by atoms with Crippen molar-refractivity contribution in [2.24, 2.45) is 0 Å². The van der Waals surface area contributed by atoms with Crippen LogP contribution in [0.3, 0.4) is 0 Å². The summed E-state index contributed by atoms with van der Waals surface area (Å²) in [5.41, 5.74) is 3.78. The maximum Gasteiger partial charge on any atom is 0.123 e. The van der Waals surface area contributed by atoms with Crippen LogP contribution in [0.2, 0.25) is 0 Å². The molecule has 0 spiro atoms. The minimum Gasteiger partial charge on any atom is -0.376 e. The molecule has 1 saturated heterocycles. The van der Waals surface area contributed by atoms with Gasteiger partial charge in [-0.05, 0) is 54.6 Å². The lowest BCUT2D eigenvalue weighted by atomic mass is 9.83. The van der Waals surface area contributed by atoms with Crippen molar-refractivity contribution in [3.05, 3.63) is 107 Å². The number of nitrogens with one attached hydrogen (secondary N) is 1. The zero-order valence-electron chi connectivity index (χ0n) is 16.6. The van der Waals surface area contributed by atoms with Crippen LogP contribution in [-0.4, -0.2) is 25.3 Å². The molecule has 150 valence electrons. The molecule has 1 heterocycles. The minimum atomic E-state index is -0.181. The van der Waals surface area contributed by atoms with Crippen molar-refractivity contribution in [1.82, 2.24) is 5.32 Å². The van der Waals surface area contributed by atoms with Gasteiger partial charge in [-0.1, -0.05) is 72.8 Å². The van der Waals surface area contributed by atoms with Gasteiger partial charge in [0, 0.05) is 12.0 Å². The highest BCUT2D eigenvalue weighted by atomic mass is 19.1. The van der Waals surface area contributed by atoms with Crippen LogP contribution in [0.25, 0.3) is 0 Å². The van der Waals surface area contributed by atoms with Crippen molar-refractivity contribution in [2.75, 3.05) is 13.2 Å². The predicted octanol–water partition coefficient (Wildman–Crippen LogP) is 5.34.